The van der Waals surface area contributed by atoms with Crippen LogP contribution < -0.4 is 10.0 Å². The van der Waals surface area contributed by atoms with E-state index in [9.17, 15) is 13.2 Å². The van der Waals surface area contributed by atoms with Crippen molar-refractivity contribution in [3.63, 3.8) is 0 Å². The Morgan fingerprint density at radius 3 is 2.52 bits per heavy atom. The normalized spacial score (nSPS) is 11.1. The van der Waals surface area contributed by atoms with Crippen molar-refractivity contribution in [2.24, 2.45) is 0 Å². The van der Waals surface area contributed by atoms with Gasteiger partial charge in [0.15, 0.2) is 5.13 Å². The Kier molecular flexibility index (Phi) is 4.81. The van der Waals surface area contributed by atoms with Crippen LogP contribution in [0, 0.1) is 6.92 Å². The summed E-state index contributed by atoms with van der Waals surface area (Å²) >= 11 is 6.59. The number of aromatic nitrogens is 1. The van der Waals surface area contributed by atoms with Crippen LogP contribution in [0.3, 0.4) is 0 Å². The minimum Gasteiger partial charge on any atom is -0.325 e. The third-order valence-electron chi connectivity index (χ3n) is 2.41. The van der Waals surface area contributed by atoms with Gasteiger partial charge >= 0.3 is 0 Å². The number of halogens is 1. The highest BCUT2D eigenvalue weighted by Gasteiger charge is 2.15. The summed E-state index contributed by atoms with van der Waals surface area (Å²) in [5.41, 5.74) is 1.22. The highest BCUT2D eigenvalue weighted by molar-refractivity contribution is 7.93. The number of amides is 1. The summed E-state index contributed by atoms with van der Waals surface area (Å²) in [5.74, 6) is -0.519. The lowest BCUT2D eigenvalue weighted by Gasteiger charge is -2.07. The number of sulfonamides is 1. The number of anilines is 2. The molecule has 21 heavy (non-hydrogen) atoms. The zero-order chi connectivity index (χ0) is 15.5. The van der Waals surface area contributed by atoms with Crippen molar-refractivity contribution in [1.29, 1.82) is 0 Å². The first-order valence-electron chi connectivity index (χ1n) is 5.81. The standard InChI is InChI=1S/C12H12ClN3O3S2/c1-8-7-20-12(14-8)16-21(18,19)10-4-2-9(3-5-10)15-11(17)6-13/h2-5,7H,6H2,1H3,(H,14,16)(H,15,17). The number of carbonyl (C=O) groups is 1. The molecule has 0 radical (unpaired) electrons. The summed E-state index contributed by atoms with van der Waals surface area (Å²) in [4.78, 5) is 15.3. The van der Waals surface area contributed by atoms with Crippen LogP contribution in [-0.4, -0.2) is 25.2 Å². The van der Waals surface area contributed by atoms with Crippen LogP contribution in [0.25, 0.3) is 0 Å². The third kappa shape index (κ3) is 4.16. The summed E-state index contributed by atoms with van der Waals surface area (Å²) in [6.07, 6.45) is 0. The topological polar surface area (TPSA) is 88.2 Å². The number of nitrogens with one attached hydrogen (secondary N) is 2. The summed E-state index contributed by atoms with van der Waals surface area (Å²) in [7, 11) is -3.69. The lowest BCUT2D eigenvalue weighted by atomic mass is 10.3. The van der Waals surface area contributed by atoms with Crippen molar-refractivity contribution >= 4 is 49.7 Å². The van der Waals surface area contributed by atoms with E-state index in [1.54, 1.807) is 12.3 Å². The molecular weight excluding hydrogens is 334 g/mol. The molecule has 2 rings (SSSR count). The lowest BCUT2D eigenvalue weighted by molar-refractivity contribution is -0.113. The molecule has 0 spiro atoms. The molecule has 0 atom stereocenters. The number of aryl methyl sites for hydroxylation is 1. The van der Waals surface area contributed by atoms with Crippen molar-refractivity contribution in [1.82, 2.24) is 4.98 Å². The van der Waals surface area contributed by atoms with Crippen LogP contribution >= 0.6 is 22.9 Å². The van der Waals surface area contributed by atoms with Crippen LogP contribution in [0.1, 0.15) is 5.69 Å². The molecular formula is C12H12ClN3O3S2. The van der Waals surface area contributed by atoms with E-state index in [2.05, 4.69) is 15.0 Å². The number of hydrogen-bond donors (Lipinski definition) is 2. The molecule has 0 fully saturated rings. The molecule has 0 aliphatic carbocycles. The van der Waals surface area contributed by atoms with Gasteiger partial charge in [-0.2, -0.15) is 0 Å². The van der Waals surface area contributed by atoms with Gasteiger partial charge in [0.2, 0.25) is 5.91 Å². The summed E-state index contributed by atoms with van der Waals surface area (Å²) in [6, 6.07) is 5.78. The fraction of sp³-hybridized carbons (Fsp3) is 0.167. The quantitative estimate of drug-likeness (QED) is 0.814. The SMILES string of the molecule is Cc1csc(NS(=O)(=O)c2ccc(NC(=O)CCl)cc2)n1. The maximum atomic E-state index is 12.1. The van der Waals surface area contributed by atoms with Gasteiger partial charge in [-0.1, -0.05) is 0 Å². The molecule has 9 heteroatoms. The van der Waals surface area contributed by atoms with E-state index < -0.39 is 10.0 Å². The molecule has 1 heterocycles. The van der Waals surface area contributed by atoms with Gasteiger partial charge in [0.1, 0.15) is 5.88 Å². The molecule has 6 nitrogen and oxygen atoms in total. The Balaban J connectivity index is 2.15. The van der Waals surface area contributed by atoms with Gasteiger partial charge in [-0.3, -0.25) is 9.52 Å². The highest BCUT2D eigenvalue weighted by Crippen LogP contribution is 2.21. The summed E-state index contributed by atoms with van der Waals surface area (Å²) in [5, 5.41) is 4.59. The van der Waals surface area contributed by atoms with Gasteiger partial charge in [-0.05, 0) is 31.2 Å². The number of alkyl halides is 1. The second-order valence-corrected chi connectivity index (χ2v) is 6.91. The molecule has 2 N–H and O–H groups in total. The molecule has 0 saturated heterocycles. The first-order chi connectivity index (χ1) is 9.90. The predicted molar refractivity (Wildman–Crippen MR) is 83.5 cm³/mol. The van der Waals surface area contributed by atoms with E-state index in [1.165, 1.54) is 35.6 Å². The van der Waals surface area contributed by atoms with Crippen LogP contribution in [0.15, 0.2) is 34.5 Å². The molecule has 0 unspecified atom stereocenters. The van der Waals surface area contributed by atoms with Crippen LogP contribution in [-0.2, 0) is 14.8 Å². The lowest BCUT2D eigenvalue weighted by Crippen LogP contribution is -2.14. The zero-order valence-electron chi connectivity index (χ0n) is 11.0. The average Bonchev–Trinajstić information content (AvgIpc) is 2.83. The molecule has 1 amide bonds. The maximum absolute atomic E-state index is 12.1. The Labute approximate surface area is 131 Å². The van der Waals surface area contributed by atoms with Gasteiger partial charge in [-0.25, -0.2) is 13.4 Å². The van der Waals surface area contributed by atoms with Gasteiger partial charge in [0, 0.05) is 11.1 Å². The van der Waals surface area contributed by atoms with Crippen molar-refractivity contribution in [3.05, 3.63) is 35.3 Å². The van der Waals surface area contributed by atoms with E-state index in [0.29, 0.717) is 10.8 Å². The highest BCUT2D eigenvalue weighted by atomic mass is 35.5. The first kappa shape index (κ1) is 15.7. The molecule has 2 aromatic rings. The minimum absolute atomic E-state index is 0.0826. The van der Waals surface area contributed by atoms with Crippen LogP contribution in [0.2, 0.25) is 0 Å². The number of thiazole rings is 1. The van der Waals surface area contributed by atoms with Crippen molar-refractivity contribution in [2.75, 3.05) is 15.9 Å². The zero-order valence-corrected chi connectivity index (χ0v) is 13.3. The third-order valence-corrected chi connectivity index (χ3v) is 5.01. The number of hydrogen-bond acceptors (Lipinski definition) is 5. The van der Waals surface area contributed by atoms with Gasteiger partial charge < -0.3 is 5.32 Å². The van der Waals surface area contributed by atoms with E-state index >= 15 is 0 Å². The first-order valence-corrected chi connectivity index (χ1v) is 8.71. The van der Waals surface area contributed by atoms with Crippen molar-refractivity contribution < 1.29 is 13.2 Å². The van der Waals surface area contributed by atoms with E-state index in [1.807, 2.05) is 0 Å². The van der Waals surface area contributed by atoms with Gasteiger partial charge in [0.05, 0.1) is 10.6 Å². The minimum atomic E-state index is -3.69. The van der Waals surface area contributed by atoms with Crippen molar-refractivity contribution in [2.45, 2.75) is 11.8 Å². The van der Waals surface area contributed by atoms with E-state index in [4.69, 9.17) is 11.6 Å². The summed E-state index contributed by atoms with van der Waals surface area (Å²) in [6.45, 7) is 1.78. The van der Waals surface area contributed by atoms with Gasteiger partial charge in [0.25, 0.3) is 10.0 Å². The fourth-order valence-electron chi connectivity index (χ4n) is 1.49. The van der Waals surface area contributed by atoms with Gasteiger partial charge in [-0.15, -0.1) is 22.9 Å². The number of nitrogens with zero attached hydrogens (tertiary/aromatic N) is 1. The number of rotatable bonds is 5. The Hall–Kier alpha value is -1.64. The number of benzene rings is 1. The smallest absolute Gasteiger partial charge is 0.263 e. The molecule has 1 aromatic heterocycles. The largest absolute Gasteiger partial charge is 0.325 e. The molecule has 112 valence electrons. The summed E-state index contributed by atoms with van der Waals surface area (Å²) < 4.78 is 26.7. The molecule has 0 saturated carbocycles. The van der Waals surface area contributed by atoms with E-state index in [0.717, 1.165) is 5.69 Å². The monoisotopic (exact) mass is 345 g/mol. The predicted octanol–water partition coefficient (Wildman–Crippen LogP) is 2.43. The number of carbonyl (C=O) groups excluding carboxylic acids is 1. The average molecular weight is 346 g/mol. The van der Waals surface area contributed by atoms with E-state index in [-0.39, 0.29) is 16.7 Å². The fourth-order valence-corrected chi connectivity index (χ4v) is 3.49. The van der Waals surface area contributed by atoms with Crippen molar-refractivity contribution in [3.8, 4) is 0 Å². The molecule has 1 aromatic carbocycles. The maximum Gasteiger partial charge on any atom is 0.263 e. The second-order valence-electron chi connectivity index (χ2n) is 4.11. The molecule has 0 bridgehead atoms. The Morgan fingerprint density at radius 2 is 2.00 bits per heavy atom. The van der Waals surface area contributed by atoms with Crippen LogP contribution in [0.4, 0.5) is 10.8 Å². The van der Waals surface area contributed by atoms with Crippen LogP contribution in [0.5, 0.6) is 0 Å². The molecule has 0 aliphatic rings. The Bertz CT molecular complexity index is 741. The Morgan fingerprint density at radius 1 is 1.33 bits per heavy atom. The molecule has 0 aliphatic heterocycles. The second kappa shape index (κ2) is 6.42.